The number of aryl methyl sites for hydroxylation is 1. The fourth-order valence-electron chi connectivity index (χ4n) is 3.11. The maximum Gasteiger partial charge on any atom is 0.262 e. The Bertz CT molecular complexity index is 1100. The van der Waals surface area contributed by atoms with Crippen LogP contribution in [0.5, 0.6) is 5.75 Å². The molecular formula is C23H27N3O4S. The van der Waals surface area contributed by atoms with Crippen LogP contribution in [0.1, 0.15) is 37.8 Å². The zero-order valence-electron chi connectivity index (χ0n) is 17.9. The Morgan fingerprint density at radius 1 is 1.19 bits per heavy atom. The second-order valence-electron chi connectivity index (χ2n) is 8.28. The minimum atomic E-state index is -3.58. The van der Waals surface area contributed by atoms with Gasteiger partial charge in [-0.2, -0.15) is 5.26 Å². The second kappa shape index (κ2) is 9.08. The molecule has 1 saturated carbocycles. The Morgan fingerprint density at radius 2 is 1.87 bits per heavy atom. The highest BCUT2D eigenvalue weighted by Gasteiger charge is 2.44. The molecule has 1 fully saturated rings. The molecule has 2 aromatic carbocycles. The number of nitriles is 1. The molecule has 0 bridgehead atoms. The van der Waals surface area contributed by atoms with E-state index in [1.165, 1.54) is 12.1 Å². The summed E-state index contributed by atoms with van der Waals surface area (Å²) in [7, 11) is -3.58. The molecule has 0 radical (unpaired) electrons. The highest BCUT2D eigenvalue weighted by atomic mass is 32.2. The van der Waals surface area contributed by atoms with E-state index in [0.29, 0.717) is 23.5 Å². The molecule has 0 unspecified atom stereocenters. The summed E-state index contributed by atoms with van der Waals surface area (Å²) in [6, 6.07) is 14.2. The van der Waals surface area contributed by atoms with Crippen molar-refractivity contribution in [2.45, 2.75) is 43.9 Å². The van der Waals surface area contributed by atoms with Gasteiger partial charge in [-0.1, -0.05) is 26.0 Å². The molecule has 0 heterocycles. The predicted octanol–water partition coefficient (Wildman–Crippen LogP) is 3.50. The maximum atomic E-state index is 12.3. The minimum Gasteiger partial charge on any atom is -0.483 e. The minimum absolute atomic E-state index is 0.161. The molecule has 0 aromatic heterocycles. The Morgan fingerprint density at radius 3 is 2.42 bits per heavy atom. The molecule has 164 valence electrons. The van der Waals surface area contributed by atoms with E-state index >= 15 is 0 Å². The van der Waals surface area contributed by atoms with E-state index < -0.39 is 10.0 Å². The number of anilines is 1. The molecule has 0 spiro atoms. The van der Waals surface area contributed by atoms with Crippen LogP contribution in [0.25, 0.3) is 0 Å². The molecule has 2 aromatic rings. The van der Waals surface area contributed by atoms with Gasteiger partial charge in [0.25, 0.3) is 5.91 Å². The molecule has 3 rings (SSSR count). The first-order chi connectivity index (χ1) is 14.6. The maximum absolute atomic E-state index is 12.3. The summed E-state index contributed by atoms with van der Waals surface area (Å²) in [6.07, 6.45) is 1.74. The number of nitrogens with one attached hydrogen (secondary N) is 2. The van der Waals surface area contributed by atoms with Crippen LogP contribution in [0.2, 0.25) is 0 Å². The first-order valence-electron chi connectivity index (χ1n) is 10.2. The summed E-state index contributed by atoms with van der Waals surface area (Å²) >= 11 is 0. The van der Waals surface area contributed by atoms with Gasteiger partial charge in [-0.25, -0.2) is 13.1 Å². The predicted molar refractivity (Wildman–Crippen MR) is 118 cm³/mol. The van der Waals surface area contributed by atoms with E-state index in [1.807, 2.05) is 26.0 Å². The van der Waals surface area contributed by atoms with Crippen LogP contribution in [0.3, 0.4) is 0 Å². The third kappa shape index (κ3) is 5.63. The lowest BCUT2D eigenvalue weighted by atomic mass is 9.98. The number of sulfonamides is 1. The van der Waals surface area contributed by atoms with Crippen molar-refractivity contribution in [3.63, 3.8) is 0 Å². The van der Waals surface area contributed by atoms with Crippen LogP contribution in [0.15, 0.2) is 47.4 Å². The Hall–Kier alpha value is -2.89. The van der Waals surface area contributed by atoms with Gasteiger partial charge in [0.2, 0.25) is 10.0 Å². The van der Waals surface area contributed by atoms with Crippen LogP contribution in [0, 0.1) is 24.2 Å². The second-order valence-corrected chi connectivity index (χ2v) is 10.0. The molecule has 0 saturated heterocycles. The first-order valence-corrected chi connectivity index (χ1v) is 11.7. The smallest absolute Gasteiger partial charge is 0.262 e. The van der Waals surface area contributed by atoms with E-state index in [1.54, 1.807) is 25.1 Å². The number of hydrogen-bond acceptors (Lipinski definition) is 5. The van der Waals surface area contributed by atoms with Crippen molar-refractivity contribution in [2.24, 2.45) is 5.92 Å². The summed E-state index contributed by atoms with van der Waals surface area (Å²) in [5.41, 5.74) is 1.86. The summed E-state index contributed by atoms with van der Waals surface area (Å²) in [5, 5.41) is 12.0. The number of carbonyl (C=O) groups excluding carboxylic acids is 1. The van der Waals surface area contributed by atoms with E-state index in [-0.39, 0.29) is 28.7 Å². The van der Waals surface area contributed by atoms with Gasteiger partial charge in [0.05, 0.1) is 16.4 Å². The lowest BCUT2D eigenvalue weighted by molar-refractivity contribution is -0.118. The van der Waals surface area contributed by atoms with Crippen LogP contribution >= 0.6 is 0 Å². The molecule has 2 N–H and O–H groups in total. The Labute approximate surface area is 183 Å². The van der Waals surface area contributed by atoms with Gasteiger partial charge in [-0.3, -0.25) is 4.79 Å². The number of carbonyl (C=O) groups is 1. The van der Waals surface area contributed by atoms with Crippen molar-refractivity contribution in [2.75, 3.05) is 18.5 Å². The highest BCUT2D eigenvalue weighted by Crippen LogP contribution is 2.47. The number of ether oxygens (including phenoxy) is 1. The molecule has 7 nitrogen and oxygen atoms in total. The summed E-state index contributed by atoms with van der Waals surface area (Å²) in [6.45, 7) is 5.75. The van der Waals surface area contributed by atoms with Gasteiger partial charge in [-0.15, -0.1) is 0 Å². The molecule has 1 amide bonds. The quantitative estimate of drug-likeness (QED) is 0.619. The lowest BCUT2D eigenvalue weighted by Crippen LogP contribution is -2.27. The van der Waals surface area contributed by atoms with E-state index in [0.717, 1.165) is 18.4 Å². The fraction of sp³-hybridized carbons (Fsp3) is 0.391. The zero-order valence-corrected chi connectivity index (χ0v) is 18.8. The topological polar surface area (TPSA) is 108 Å². The summed E-state index contributed by atoms with van der Waals surface area (Å²) in [5.74, 6) is 0.316. The van der Waals surface area contributed by atoms with Gasteiger partial charge >= 0.3 is 0 Å². The summed E-state index contributed by atoms with van der Waals surface area (Å²) in [4.78, 5) is 12.4. The van der Waals surface area contributed by atoms with Crippen LogP contribution in [-0.2, 0) is 20.2 Å². The molecular weight excluding hydrogens is 414 g/mol. The Balaban J connectivity index is 1.56. The van der Waals surface area contributed by atoms with Crippen LogP contribution < -0.4 is 14.8 Å². The zero-order chi connectivity index (χ0) is 22.6. The van der Waals surface area contributed by atoms with Crippen molar-refractivity contribution in [3.8, 4) is 11.8 Å². The molecule has 0 atom stereocenters. The Kier molecular flexibility index (Phi) is 6.68. The summed E-state index contributed by atoms with van der Waals surface area (Å²) < 4.78 is 32.8. The van der Waals surface area contributed by atoms with E-state index in [2.05, 4.69) is 16.1 Å². The molecule has 1 aliphatic carbocycles. The number of benzene rings is 2. The number of rotatable bonds is 9. The molecule has 31 heavy (non-hydrogen) atoms. The molecule has 1 aliphatic rings. The number of amides is 1. The molecule has 0 aliphatic heterocycles. The SMILES string of the molecule is Cc1cc(S(=O)(=O)NCC(C)C)ccc1OCC(=O)Nc1ccc(C2(C#N)CC2)cc1. The average Bonchev–Trinajstić information content (AvgIpc) is 3.53. The molecule has 8 heteroatoms. The van der Waals surface area contributed by atoms with Crippen LogP contribution in [0.4, 0.5) is 5.69 Å². The largest absolute Gasteiger partial charge is 0.483 e. The first kappa shape index (κ1) is 22.8. The van der Waals surface area contributed by atoms with E-state index in [9.17, 15) is 18.5 Å². The van der Waals surface area contributed by atoms with Gasteiger partial charge in [0.1, 0.15) is 5.75 Å². The van der Waals surface area contributed by atoms with Gasteiger partial charge in [0, 0.05) is 12.2 Å². The van der Waals surface area contributed by atoms with Gasteiger partial charge in [0.15, 0.2) is 6.61 Å². The van der Waals surface area contributed by atoms with Crippen molar-refractivity contribution in [1.82, 2.24) is 4.72 Å². The number of hydrogen-bond donors (Lipinski definition) is 2. The average molecular weight is 442 g/mol. The third-order valence-corrected chi connectivity index (χ3v) is 6.60. The van der Waals surface area contributed by atoms with Crippen molar-refractivity contribution in [1.29, 1.82) is 5.26 Å². The standard InChI is InChI=1S/C23H27N3O4S/c1-16(2)13-25-31(28,29)20-8-9-21(17(3)12-20)30-14-22(27)26-19-6-4-18(5-7-19)23(15-24)10-11-23/h4-9,12,16,25H,10-11,13-14H2,1-3H3,(H,26,27). The normalized spacial score (nSPS) is 14.7. The lowest BCUT2D eigenvalue weighted by Gasteiger charge is -2.13. The van der Waals surface area contributed by atoms with Gasteiger partial charge < -0.3 is 10.1 Å². The van der Waals surface area contributed by atoms with Crippen molar-refractivity contribution >= 4 is 21.6 Å². The van der Waals surface area contributed by atoms with Gasteiger partial charge in [-0.05, 0) is 67.1 Å². The van der Waals surface area contributed by atoms with Crippen molar-refractivity contribution < 1.29 is 17.9 Å². The highest BCUT2D eigenvalue weighted by molar-refractivity contribution is 7.89. The fourth-order valence-corrected chi connectivity index (χ4v) is 4.41. The van der Waals surface area contributed by atoms with Crippen molar-refractivity contribution in [3.05, 3.63) is 53.6 Å². The monoisotopic (exact) mass is 441 g/mol. The number of nitrogens with zero attached hydrogens (tertiary/aromatic N) is 1. The van der Waals surface area contributed by atoms with Crippen LogP contribution in [-0.4, -0.2) is 27.5 Å². The van der Waals surface area contributed by atoms with E-state index in [4.69, 9.17) is 4.74 Å². The third-order valence-electron chi connectivity index (χ3n) is 5.18.